The van der Waals surface area contributed by atoms with Crippen LogP contribution in [-0.2, 0) is 5.75 Å². The molecule has 0 heterocycles. The van der Waals surface area contributed by atoms with Gasteiger partial charge >= 0.3 is 0 Å². The molecule has 1 atom stereocenters. The van der Waals surface area contributed by atoms with Crippen molar-refractivity contribution in [3.8, 4) is 0 Å². The van der Waals surface area contributed by atoms with E-state index in [1.807, 2.05) is 37.4 Å². The van der Waals surface area contributed by atoms with E-state index in [0.29, 0.717) is 6.04 Å². The number of hydrogen-bond donors (Lipinski definition) is 1. The first-order chi connectivity index (χ1) is 9.61. The lowest BCUT2D eigenvalue weighted by atomic mass is 10.1. The molecule has 0 saturated heterocycles. The van der Waals surface area contributed by atoms with Gasteiger partial charge in [-0.2, -0.15) is 0 Å². The molecule has 0 spiro atoms. The Kier molecular flexibility index (Phi) is 5.79. The number of thioether (sulfide) groups is 1. The van der Waals surface area contributed by atoms with Gasteiger partial charge in [-0.3, -0.25) is 0 Å². The smallest absolute Gasteiger partial charge is 0.0545 e. The molecule has 0 fully saturated rings. The van der Waals surface area contributed by atoms with Crippen LogP contribution in [0, 0.1) is 0 Å². The SMILES string of the molecule is CNC(C)c1ccc(SCc2ccccc2Cl)c(Cl)c1. The van der Waals surface area contributed by atoms with Gasteiger partial charge in [-0.1, -0.05) is 47.5 Å². The van der Waals surface area contributed by atoms with Crippen LogP contribution >= 0.6 is 35.0 Å². The lowest BCUT2D eigenvalue weighted by Gasteiger charge is -2.13. The second-order valence-corrected chi connectivity index (χ2v) is 6.41. The average Bonchev–Trinajstić information content (AvgIpc) is 2.46. The summed E-state index contributed by atoms with van der Waals surface area (Å²) in [6, 6.07) is 14.4. The Labute approximate surface area is 134 Å². The van der Waals surface area contributed by atoms with Crippen molar-refractivity contribution < 1.29 is 0 Å². The highest BCUT2D eigenvalue weighted by molar-refractivity contribution is 7.98. The molecule has 0 aromatic heterocycles. The summed E-state index contributed by atoms with van der Waals surface area (Å²) in [6.45, 7) is 2.11. The predicted octanol–water partition coefficient (Wildman–Crippen LogP) is 5.57. The van der Waals surface area contributed by atoms with Crippen LogP contribution in [0.4, 0.5) is 0 Å². The lowest BCUT2D eigenvalue weighted by molar-refractivity contribution is 0.652. The zero-order valence-electron chi connectivity index (χ0n) is 11.5. The largest absolute Gasteiger partial charge is 0.313 e. The first-order valence-electron chi connectivity index (χ1n) is 6.44. The van der Waals surface area contributed by atoms with Crippen LogP contribution in [-0.4, -0.2) is 7.05 Å². The second-order valence-electron chi connectivity index (χ2n) is 4.58. The number of halogens is 2. The third-order valence-electron chi connectivity index (χ3n) is 3.23. The van der Waals surface area contributed by atoms with E-state index >= 15 is 0 Å². The van der Waals surface area contributed by atoms with Crippen molar-refractivity contribution in [3.05, 3.63) is 63.6 Å². The van der Waals surface area contributed by atoms with Crippen molar-refractivity contribution in [1.29, 1.82) is 0 Å². The molecule has 2 aromatic carbocycles. The Bertz CT molecular complexity index is 586. The summed E-state index contributed by atoms with van der Waals surface area (Å²) in [5.41, 5.74) is 2.32. The monoisotopic (exact) mass is 325 g/mol. The van der Waals surface area contributed by atoms with Gasteiger partial charge in [0.25, 0.3) is 0 Å². The van der Waals surface area contributed by atoms with Crippen LogP contribution in [0.2, 0.25) is 10.0 Å². The normalized spacial score (nSPS) is 12.4. The molecule has 0 aliphatic heterocycles. The molecule has 106 valence electrons. The van der Waals surface area contributed by atoms with Crippen molar-refractivity contribution in [2.24, 2.45) is 0 Å². The van der Waals surface area contributed by atoms with Crippen LogP contribution in [0.3, 0.4) is 0 Å². The fraction of sp³-hybridized carbons (Fsp3) is 0.250. The van der Waals surface area contributed by atoms with Gasteiger partial charge < -0.3 is 5.32 Å². The van der Waals surface area contributed by atoms with Gasteiger partial charge in [-0.25, -0.2) is 0 Å². The van der Waals surface area contributed by atoms with Crippen LogP contribution in [0.5, 0.6) is 0 Å². The molecular formula is C16H17Cl2NS. The fourth-order valence-electron chi connectivity index (χ4n) is 1.84. The highest BCUT2D eigenvalue weighted by atomic mass is 35.5. The molecule has 0 bridgehead atoms. The van der Waals surface area contributed by atoms with E-state index in [2.05, 4.69) is 24.4 Å². The van der Waals surface area contributed by atoms with Gasteiger partial charge in [0.2, 0.25) is 0 Å². The van der Waals surface area contributed by atoms with E-state index in [9.17, 15) is 0 Å². The maximum atomic E-state index is 6.35. The Morgan fingerprint density at radius 2 is 1.85 bits per heavy atom. The third kappa shape index (κ3) is 3.92. The molecule has 1 unspecified atom stereocenters. The Morgan fingerprint density at radius 1 is 1.10 bits per heavy atom. The minimum atomic E-state index is 0.301. The lowest BCUT2D eigenvalue weighted by Crippen LogP contribution is -2.12. The van der Waals surface area contributed by atoms with Gasteiger partial charge in [0.1, 0.15) is 0 Å². The quantitative estimate of drug-likeness (QED) is 0.721. The van der Waals surface area contributed by atoms with Crippen molar-refractivity contribution in [1.82, 2.24) is 5.32 Å². The van der Waals surface area contributed by atoms with Crippen molar-refractivity contribution >= 4 is 35.0 Å². The van der Waals surface area contributed by atoms with Crippen molar-refractivity contribution in [2.45, 2.75) is 23.6 Å². The summed E-state index contributed by atoms with van der Waals surface area (Å²) in [5.74, 6) is 0.820. The highest BCUT2D eigenvalue weighted by Crippen LogP contribution is 2.33. The second kappa shape index (κ2) is 7.37. The summed E-state index contributed by atoms with van der Waals surface area (Å²) in [5, 5.41) is 4.81. The summed E-state index contributed by atoms with van der Waals surface area (Å²) in [6.07, 6.45) is 0. The first kappa shape index (κ1) is 15.7. The molecule has 2 rings (SSSR count). The summed E-state index contributed by atoms with van der Waals surface area (Å²) in [4.78, 5) is 1.08. The summed E-state index contributed by atoms with van der Waals surface area (Å²) in [7, 11) is 1.94. The third-order valence-corrected chi connectivity index (χ3v) is 5.15. The minimum absolute atomic E-state index is 0.301. The molecule has 1 N–H and O–H groups in total. The fourth-order valence-corrected chi connectivity index (χ4v) is 3.40. The molecule has 20 heavy (non-hydrogen) atoms. The Hall–Kier alpha value is -0.670. The Morgan fingerprint density at radius 3 is 2.50 bits per heavy atom. The molecular weight excluding hydrogens is 309 g/mol. The number of rotatable bonds is 5. The zero-order valence-corrected chi connectivity index (χ0v) is 13.8. The maximum Gasteiger partial charge on any atom is 0.0545 e. The van der Waals surface area contributed by atoms with E-state index < -0.39 is 0 Å². The molecule has 0 radical (unpaired) electrons. The highest BCUT2D eigenvalue weighted by Gasteiger charge is 2.08. The molecule has 1 nitrogen and oxygen atoms in total. The van der Waals surface area contributed by atoms with Crippen LogP contribution in [0.15, 0.2) is 47.4 Å². The average molecular weight is 326 g/mol. The van der Waals surface area contributed by atoms with E-state index in [0.717, 1.165) is 26.3 Å². The van der Waals surface area contributed by atoms with Crippen molar-refractivity contribution in [2.75, 3.05) is 7.05 Å². The topological polar surface area (TPSA) is 12.0 Å². The van der Waals surface area contributed by atoms with Gasteiger partial charge in [-0.15, -0.1) is 11.8 Å². The molecule has 0 aliphatic carbocycles. The van der Waals surface area contributed by atoms with Crippen LogP contribution in [0.1, 0.15) is 24.1 Å². The number of hydrogen-bond acceptors (Lipinski definition) is 2. The van der Waals surface area contributed by atoms with E-state index in [1.165, 1.54) is 5.56 Å². The van der Waals surface area contributed by atoms with E-state index in [4.69, 9.17) is 23.2 Å². The van der Waals surface area contributed by atoms with E-state index in [-0.39, 0.29) is 0 Å². The van der Waals surface area contributed by atoms with Gasteiger partial charge in [-0.05, 0) is 43.3 Å². The predicted molar refractivity (Wildman–Crippen MR) is 89.9 cm³/mol. The summed E-state index contributed by atoms with van der Waals surface area (Å²) < 4.78 is 0. The standard InChI is InChI=1S/C16H17Cl2NS/c1-11(19-2)12-7-8-16(15(18)9-12)20-10-13-5-3-4-6-14(13)17/h3-9,11,19H,10H2,1-2H3. The van der Waals surface area contributed by atoms with Crippen LogP contribution < -0.4 is 5.32 Å². The van der Waals surface area contributed by atoms with Gasteiger partial charge in [0.05, 0.1) is 5.02 Å². The molecule has 2 aromatic rings. The van der Waals surface area contributed by atoms with Gasteiger partial charge in [0, 0.05) is 21.7 Å². The minimum Gasteiger partial charge on any atom is -0.313 e. The van der Waals surface area contributed by atoms with Crippen molar-refractivity contribution in [3.63, 3.8) is 0 Å². The molecule has 4 heteroatoms. The molecule has 0 amide bonds. The maximum absolute atomic E-state index is 6.35. The molecule has 0 aliphatic rings. The number of benzene rings is 2. The Balaban J connectivity index is 2.09. The molecule has 0 saturated carbocycles. The van der Waals surface area contributed by atoms with Gasteiger partial charge in [0.15, 0.2) is 0 Å². The number of nitrogens with one attached hydrogen (secondary N) is 1. The van der Waals surface area contributed by atoms with Crippen LogP contribution in [0.25, 0.3) is 0 Å². The zero-order chi connectivity index (χ0) is 14.5. The first-order valence-corrected chi connectivity index (χ1v) is 8.19. The van der Waals surface area contributed by atoms with E-state index in [1.54, 1.807) is 11.8 Å². The summed E-state index contributed by atoms with van der Waals surface area (Å²) >= 11 is 14.2.